The SMILES string of the molecule is CCCc1ccccc1NC(=O)C(=O)NN. The summed E-state index contributed by atoms with van der Waals surface area (Å²) in [6, 6.07) is 7.37. The number of hydrogen-bond donors (Lipinski definition) is 3. The molecule has 0 spiro atoms. The van der Waals surface area contributed by atoms with Crippen LogP contribution in [0.1, 0.15) is 18.9 Å². The molecule has 86 valence electrons. The van der Waals surface area contributed by atoms with E-state index in [0.29, 0.717) is 5.69 Å². The zero-order chi connectivity index (χ0) is 12.0. The molecule has 1 aromatic carbocycles. The summed E-state index contributed by atoms with van der Waals surface area (Å²) in [7, 11) is 0. The second-order valence-corrected chi connectivity index (χ2v) is 3.33. The molecule has 0 saturated carbocycles. The van der Waals surface area contributed by atoms with E-state index in [9.17, 15) is 9.59 Å². The first kappa shape index (κ1) is 12.2. The van der Waals surface area contributed by atoms with Gasteiger partial charge in [-0.3, -0.25) is 15.0 Å². The van der Waals surface area contributed by atoms with Gasteiger partial charge in [-0.05, 0) is 18.1 Å². The van der Waals surface area contributed by atoms with Crippen molar-refractivity contribution in [1.82, 2.24) is 5.43 Å². The third-order valence-corrected chi connectivity index (χ3v) is 2.12. The number of aryl methyl sites for hydroxylation is 1. The maximum Gasteiger partial charge on any atom is 0.323 e. The number of nitrogens with two attached hydrogens (primary N) is 1. The Labute approximate surface area is 94.0 Å². The van der Waals surface area contributed by atoms with E-state index >= 15 is 0 Å². The van der Waals surface area contributed by atoms with Gasteiger partial charge in [-0.25, -0.2) is 5.84 Å². The van der Waals surface area contributed by atoms with Gasteiger partial charge in [0.05, 0.1) is 0 Å². The molecule has 16 heavy (non-hydrogen) atoms. The van der Waals surface area contributed by atoms with Gasteiger partial charge in [0.2, 0.25) is 0 Å². The minimum absolute atomic E-state index is 0.651. The van der Waals surface area contributed by atoms with E-state index in [4.69, 9.17) is 5.84 Å². The number of benzene rings is 1. The first-order valence-electron chi connectivity index (χ1n) is 5.08. The lowest BCUT2D eigenvalue weighted by atomic mass is 10.1. The minimum Gasteiger partial charge on any atom is -0.317 e. The Kier molecular flexibility index (Phi) is 4.47. The normalized spacial score (nSPS) is 9.62. The van der Waals surface area contributed by atoms with E-state index in [1.165, 1.54) is 0 Å². The van der Waals surface area contributed by atoms with Gasteiger partial charge >= 0.3 is 11.8 Å². The van der Waals surface area contributed by atoms with Crippen LogP contribution in [0, 0.1) is 0 Å². The van der Waals surface area contributed by atoms with Crippen molar-refractivity contribution in [2.45, 2.75) is 19.8 Å². The van der Waals surface area contributed by atoms with Gasteiger partial charge in [0.1, 0.15) is 0 Å². The lowest BCUT2D eigenvalue weighted by Crippen LogP contribution is -2.39. The van der Waals surface area contributed by atoms with Crippen LogP contribution in [0.2, 0.25) is 0 Å². The summed E-state index contributed by atoms with van der Waals surface area (Å²) in [6.45, 7) is 2.05. The van der Waals surface area contributed by atoms with E-state index in [-0.39, 0.29) is 0 Å². The molecule has 5 heteroatoms. The highest BCUT2D eigenvalue weighted by Crippen LogP contribution is 2.16. The van der Waals surface area contributed by atoms with Crippen molar-refractivity contribution >= 4 is 17.5 Å². The van der Waals surface area contributed by atoms with E-state index in [2.05, 4.69) is 5.32 Å². The maximum absolute atomic E-state index is 11.3. The summed E-state index contributed by atoms with van der Waals surface area (Å²) in [5.74, 6) is 3.25. The van der Waals surface area contributed by atoms with E-state index < -0.39 is 11.8 Å². The lowest BCUT2D eigenvalue weighted by Gasteiger charge is -2.09. The molecule has 0 bridgehead atoms. The molecule has 5 nitrogen and oxygen atoms in total. The fourth-order valence-corrected chi connectivity index (χ4v) is 1.37. The zero-order valence-electron chi connectivity index (χ0n) is 9.12. The number of carbonyl (C=O) groups excluding carboxylic acids is 2. The number of carbonyl (C=O) groups is 2. The third kappa shape index (κ3) is 3.06. The minimum atomic E-state index is -0.855. The number of anilines is 1. The second kappa shape index (κ2) is 5.87. The first-order valence-corrected chi connectivity index (χ1v) is 5.08. The first-order chi connectivity index (χ1) is 7.69. The van der Waals surface area contributed by atoms with Crippen LogP contribution in [-0.2, 0) is 16.0 Å². The molecule has 0 aliphatic rings. The molecular weight excluding hydrogens is 206 g/mol. The molecule has 4 N–H and O–H groups in total. The molecule has 0 atom stereocenters. The standard InChI is InChI=1S/C11H15N3O2/c1-2-5-8-6-3-4-7-9(8)13-10(15)11(16)14-12/h3-4,6-7H,2,5,12H2,1H3,(H,13,15)(H,14,16). The van der Waals surface area contributed by atoms with Crippen LogP contribution < -0.4 is 16.6 Å². The monoisotopic (exact) mass is 221 g/mol. The highest BCUT2D eigenvalue weighted by Gasteiger charge is 2.13. The van der Waals surface area contributed by atoms with Gasteiger partial charge in [0.25, 0.3) is 0 Å². The van der Waals surface area contributed by atoms with E-state index in [1.807, 2.05) is 19.1 Å². The van der Waals surface area contributed by atoms with Crippen molar-refractivity contribution in [1.29, 1.82) is 0 Å². The van der Waals surface area contributed by atoms with Crippen LogP contribution in [0.4, 0.5) is 5.69 Å². The lowest BCUT2D eigenvalue weighted by molar-refractivity contribution is -0.136. The Balaban J connectivity index is 2.80. The summed E-state index contributed by atoms with van der Waals surface area (Å²) >= 11 is 0. The summed E-state index contributed by atoms with van der Waals surface area (Å²) in [5, 5.41) is 2.52. The number of para-hydroxylation sites is 1. The fourth-order valence-electron chi connectivity index (χ4n) is 1.37. The van der Waals surface area contributed by atoms with Crippen LogP contribution in [-0.4, -0.2) is 11.8 Å². The Bertz CT molecular complexity index is 391. The van der Waals surface area contributed by atoms with Gasteiger partial charge in [-0.15, -0.1) is 0 Å². The van der Waals surface area contributed by atoms with Crippen molar-refractivity contribution < 1.29 is 9.59 Å². The summed E-state index contributed by atoms with van der Waals surface area (Å²) in [4.78, 5) is 22.2. The van der Waals surface area contributed by atoms with Crippen molar-refractivity contribution in [2.75, 3.05) is 5.32 Å². The molecule has 0 heterocycles. The van der Waals surface area contributed by atoms with E-state index in [0.717, 1.165) is 18.4 Å². The quantitative estimate of drug-likeness (QED) is 0.302. The summed E-state index contributed by atoms with van der Waals surface area (Å²) in [5.41, 5.74) is 3.44. The van der Waals surface area contributed by atoms with E-state index in [1.54, 1.807) is 17.6 Å². The number of rotatable bonds is 3. The van der Waals surface area contributed by atoms with Crippen LogP contribution in [0.3, 0.4) is 0 Å². The van der Waals surface area contributed by atoms with Crippen molar-refractivity contribution in [3.63, 3.8) is 0 Å². The predicted octanol–water partition coefficient (Wildman–Crippen LogP) is 0.568. The van der Waals surface area contributed by atoms with Gasteiger partial charge in [-0.2, -0.15) is 0 Å². The molecule has 0 saturated heterocycles. The van der Waals surface area contributed by atoms with Crippen molar-refractivity contribution in [3.8, 4) is 0 Å². The Hall–Kier alpha value is -1.88. The molecule has 1 aromatic rings. The topological polar surface area (TPSA) is 84.2 Å². The summed E-state index contributed by atoms with van der Waals surface area (Å²) < 4.78 is 0. The zero-order valence-corrected chi connectivity index (χ0v) is 9.12. The van der Waals surface area contributed by atoms with Crippen molar-refractivity contribution in [2.24, 2.45) is 5.84 Å². The molecule has 0 aromatic heterocycles. The van der Waals surface area contributed by atoms with Crippen LogP contribution >= 0.6 is 0 Å². The molecule has 0 aliphatic heterocycles. The number of amides is 2. The Morgan fingerprint density at radius 2 is 1.94 bits per heavy atom. The third-order valence-electron chi connectivity index (χ3n) is 2.12. The second-order valence-electron chi connectivity index (χ2n) is 3.33. The van der Waals surface area contributed by atoms with Gasteiger partial charge < -0.3 is 5.32 Å². The number of nitrogens with one attached hydrogen (secondary N) is 2. The molecule has 2 amide bonds. The van der Waals surface area contributed by atoms with Crippen LogP contribution in [0.15, 0.2) is 24.3 Å². The molecule has 1 rings (SSSR count). The van der Waals surface area contributed by atoms with Crippen LogP contribution in [0.25, 0.3) is 0 Å². The average Bonchev–Trinajstić information content (AvgIpc) is 2.31. The number of hydrazine groups is 1. The van der Waals surface area contributed by atoms with Gasteiger partial charge in [0, 0.05) is 5.69 Å². The molecule has 0 fully saturated rings. The summed E-state index contributed by atoms with van der Waals surface area (Å²) in [6.07, 6.45) is 1.82. The van der Waals surface area contributed by atoms with Crippen molar-refractivity contribution in [3.05, 3.63) is 29.8 Å². The number of hydrogen-bond acceptors (Lipinski definition) is 3. The predicted molar refractivity (Wildman–Crippen MR) is 61.4 cm³/mol. The molecule has 0 aliphatic carbocycles. The Morgan fingerprint density at radius 3 is 2.56 bits per heavy atom. The average molecular weight is 221 g/mol. The Morgan fingerprint density at radius 1 is 1.25 bits per heavy atom. The maximum atomic E-state index is 11.3. The van der Waals surface area contributed by atoms with Gasteiger partial charge in [0.15, 0.2) is 0 Å². The molecule has 0 unspecified atom stereocenters. The fraction of sp³-hybridized carbons (Fsp3) is 0.273. The molecular formula is C11H15N3O2. The highest BCUT2D eigenvalue weighted by molar-refractivity contribution is 6.39. The largest absolute Gasteiger partial charge is 0.323 e. The smallest absolute Gasteiger partial charge is 0.317 e. The highest BCUT2D eigenvalue weighted by atomic mass is 16.2. The molecule has 0 radical (unpaired) electrons. The van der Waals surface area contributed by atoms with Crippen LogP contribution in [0.5, 0.6) is 0 Å². The van der Waals surface area contributed by atoms with Gasteiger partial charge in [-0.1, -0.05) is 31.5 Å².